The van der Waals surface area contributed by atoms with Crippen molar-refractivity contribution in [1.29, 1.82) is 0 Å². The topological polar surface area (TPSA) is 69.2 Å². The van der Waals surface area contributed by atoms with Crippen molar-refractivity contribution in [3.63, 3.8) is 0 Å². The van der Waals surface area contributed by atoms with Crippen LogP contribution in [-0.4, -0.2) is 11.5 Å². The van der Waals surface area contributed by atoms with Crippen LogP contribution in [0, 0.1) is 21.4 Å². The van der Waals surface area contributed by atoms with Gasteiger partial charge < -0.3 is 5.73 Å². The van der Waals surface area contributed by atoms with E-state index >= 15 is 0 Å². The van der Waals surface area contributed by atoms with Crippen molar-refractivity contribution in [2.45, 2.75) is 51.9 Å². The lowest BCUT2D eigenvalue weighted by molar-refractivity contribution is -0.384. The molecule has 0 bridgehead atoms. The number of nitro benzene ring substituents is 1. The Morgan fingerprint density at radius 3 is 2.67 bits per heavy atom. The lowest BCUT2D eigenvalue weighted by atomic mass is 9.67. The maximum Gasteiger partial charge on any atom is 0.269 e. The van der Waals surface area contributed by atoms with Crippen molar-refractivity contribution >= 4 is 5.69 Å². The molecule has 2 rings (SSSR count). The Kier molecular flexibility index (Phi) is 5.34. The normalized spacial score (nSPS) is 25.7. The Labute approximate surface area is 126 Å². The van der Waals surface area contributed by atoms with Crippen LogP contribution in [0.3, 0.4) is 0 Å². The molecule has 0 radical (unpaired) electrons. The van der Waals surface area contributed by atoms with Gasteiger partial charge in [0.1, 0.15) is 0 Å². The Morgan fingerprint density at radius 2 is 2.10 bits per heavy atom. The van der Waals surface area contributed by atoms with Crippen LogP contribution in [0.15, 0.2) is 24.3 Å². The van der Waals surface area contributed by atoms with Crippen molar-refractivity contribution in [1.82, 2.24) is 0 Å². The van der Waals surface area contributed by atoms with Gasteiger partial charge in [-0.2, -0.15) is 0 Å². The van der Waals surface area contributed by atoms with Crippen LogP contribution in [0.4, 0.5) is 5.69 Å². The zero-order valence-corrected chi connectivity index (χ0v) is 12.9. The number of nitrogens with two attached hydrogens (primary N) is 1. The monoisotopic (exact) mass is 290 g/mol. The molecule has 1 fully saturated rings. The van der Waals surface area contributed by atoms with E-state index in [1.807, 2.05) is 6.07 Å². The first-order chi connectivity index (χ1) is 10.1. The predicted molar refractivity (Wildman–Crippen MR) is 85.2 cm³/mol. The third-order valence-electron chi connectivity index (χ3n) is 5.00. The highest BCUT2D eigenvalue weighted by Crippen LogP contribution is 2.42. The highest BCUT2D eigenvalue weighted by atomic mass is 16.6. The van der Waals surface area contributed by atoms with Gasteiger partial charge in [0, 0.05) is 12.1 Å². The summed E-state index contributed by atoms with van der Waals surface area (Å²) in [5.41, 5.74) is 7.43. The van der Waals surface area contributed by atoms with Gasteiger partial charge in [-0.15, -0.1) is 0 Å². The maximum absolute atomic E-state index is 10.9. The fraction of sp³-hybridized carbons (Fsp3) is 0.647. The van der Waals surface area contributed by atoms with Crippen LogP contribution in [0.2, 0.25) is 0 Å². The zero-order valence-electron chi connectivity index (χ0n) is 12.9. The van der Waals surface area contributed by atoms with Gasteiger partial charge in [-0.3, -0.25) is 10.1 Å². The molecule has 1 aromatic carbocycles. The second-order valence-electron chi connectivity index (χ2n) is 6.54. The maximum atomic E-state index is 10.9. The average molecular weight is 290 g/mol. The molecular weight excluding hydrogens is 264 g/mol. The minimum absolute atomic E-state index is 0.138. The number of rotatable bonds is 6. The number of nitro groups is 1. The molecule has 1 saturated carbocycles. The van der Waals surface area contributed by atoms with Crippen LogP contribution in [0.5, 0.6) is 0 Å². The standard InChI is InChI=1S/C17H26N2O2/c1-2-4-14-7-9-17(13-18,10-8-14)12-15-5-3-6-16(11-15)19(20)21/h3,5-6,11,14H,2,4,7-10,12-13,18H2,1H3. The van der Waals surface area contributed by atoms with E-state index in [2.05, 4.69) is 6.92 Å². The second-order valence-corrected chi connectivity index (χ2v) is 6.54. The lowest BCUT2D eigenvalue weighted by Crippen LogP contribution is -2.36. The Bertz CT molecular complexity index is 479. The van der Waals surface area contributed by atoms with Gasteiger partial charge in [0.2, 0.25) is 0 Å². The number of hydrogen-bond donors (Lipinski definition) is 1. The lowest BCUT2D eigenvalue weighted by Gasteiger charge is -2.39. The molecule has 2 N–H and O–H groups in total. The first-order valence-electron chi connectivity index (χ1n) is 8.02. The van der Waals surface area contributed by atoms with Gasteiger partial charge in [-0.05, 0) is 55.5 Å². The molecule has 0 aliphatic heterocycles. The molecule has 1 aliphatic carbocycles. The zero-order chi connectivity index (χ0) is 15.3. The number of hydrogen-bond acceptors (Lipinski definition) is 3. The van der Waals surface area contributed by atoms with Crippen LogP contribution < -0.4 is 5.73 Å². The van der Waals surface area contributed by atoms with Gasteiger partial charge in [-0.25, -0.2) is 0 Å². The van der Waals surface area contributed by atoms with Crippen LogP contribution in [0.1, 0.15) is 51.0 Å². The van der Waals surface area contributed by atoms with Crippen molar-refractivity contribution in [2.75, 3.05) is 6.54 Å². The minimum Gasteiger partial charge on any atom is -0.330 e. The van der Waals surface area contributed by atoms with Gasteiger partial charge in [0.15, 0.2) is 0 Å². The summed E-state index contributed by atoms with van der Waals surface area (Å²) in [6.07, 6.45) is 8.24. The fourth-order valence-electron chi connectivity index (χ4n) is 3.65. The van der Waals surface area contributed by atoms with E-state index in [4.69, 9.17) is 5.73 Å². The molecule has 0 amide bonds. The van der Waals surface area contributed by atoms with Gasteiger partial charge in [0.05, 0.1) is 4.92 Å². The van der Waals surface area contributed by atoms with Gasteiger partial charge >= 0.3 is 0 Å². The van der Waals surface area contributed by atoms with Crippen LogP contribution >= 0.6 is 0 Å². The molecule has 1 aromatic rings. The van der Waals surface area contributed by atoms with E-state index in [0.717, 1.165) is 30.7 Å². The number of benzene rings is 1. The Balaban J connectivity index is 2.05. The van der Waals surface area contributed by atoms with E-state index < -0.39 is 0 Å². The summed E-state index contributed by atoms with van der Waals surface area (Å²) < 4.78 is 0. The number of non-ortho nitro benzene ring substituents is 1. The third kappa shape index (κ3) is 4.03. The summed E-state index contributed by atoms with van der Waals surface area (Å²) in [4.78, 5) is 10.6. The minimum atomic E-state index is -0.323. The van der Waals surface area contributed by atoms with E-state index in [0.29, 0.717) is 6.54 Å². The van der Waals surface area contributed by atoms with Crippen molar-refractivity contribution in [3.8, 4) is 0 Å². The molecule has 0 atom stereocenters. The summed E-state index contributed by atoms with van der Waals surface area (Å²) in [7, 11) is 0. The summed E-state index contributed by atoms with van der Waals surface area (Å²) >= 11 is 0. The Hall–Kier alpha value is -1.42. The highest BCUT2D eigenvalue weighted by molar-refractivity contribution is 5.34. The third-order valence-corrected chi connectivity index (χ3v) is 5.00. The average Bonchev–Trinajstić information content (AvgIpc) is 2.50. The van der Waals surface area contributed by atoms with E-state index in [1.54, 1.807) is 18.2 Å². The molecular formula is C17H26N2O2. The van der Waals surface area contributed by atoms with E-state index in [-0.39, 0.29) is 16.0 Å². The summed E-state index contributed by atoms with van der Waals surface area (Å²) in [5, 5.41) is 10.9. The smallest absolute Gasteiger partial charge is 0.269 e. The fourth-order valence-corrected chi connectivity index (χ4v) is 3.65. The van der Waals surface area contributed by atoms with Crippen LogP contribution in [0.25, 0.3) is 0 Å². The highest BCUT2D eigenvalue weighted by Gasteiger charge is 2.34. The van der Waals surface area contributed by atoms with Crippen molar-refractivity contribution < 1.29 is 4.92 Å². The second kappa shape index (κ2) is 7.03. The summed E-state index contributed by atoms with van der Waals surface area (Å²) in [6.45, 7) is 2.92. The van der Waals surface area contributed by atoms with Crippen LogP contribution in [-0.2, 0) is 6.42 Å². The van der Waals surface area contributed by atoms with Gasteiger partial charge in [-0.1, -0.05) is 31.9 Å². The predicted octanol–water partition coefficient (Wildman–Crippen LogP) is 4.07. The molecule has 1 aliphatic rings. The molecule has 4 heteroatoms. The van der Waals surface area contributed by atoms with Gasteiger partial charge in [0.25, 0.3) is 5.69 Å². The summed E-state index contributed by atoms with van der Waals surface area (Å²) in [6, 6.07) is 7.02. The molecule has 0 heterocycles. The molecule has 0 unspecified atom stereocenters. The Morgan fingerprint density at radius 1 is 1.38 bits per heavy atom. The molecule has 116 valence electrons. The molecule has 0 spiro atoms. The first kappa shape index (κ1) is 16.0. The summed E-state index contributed by atoms with van der Waals surface area (Å²) in [5.74, 6) is 0.847. The van der Waals surface area contributed by atoms with Crippen molar-refractivity contribution in [3.05, 3.63) is 39.9 Å². The quantitative estimate of drug-likeness (QED) is 0.634. The van der Waals surface area contributed by atoms with E-state index in [9.17, 15) is 10.1 Å². The first-order valence-corrected chi connectivity index (χ1v) is 8.02. The molecule has 4 nitrogen and oxygen atoms in total. The molecule has 0 saturated heterocycles. The number of nitrogens with zero attached hydrogens (tertiary/aromatic N) is 1. The van der Waals surface area contributed by atoms with Crippen molar-refractivity contribution in [2.24, 2.45) is 17.1 Å². The molecule has 21 heavy (non-hydrogen) atoms. The SMILES string of the molecule is CCCC1CCC(CN)(Cc2cccc([N+](=O)[O-])c2)CC1. The molecule has 0 aromatic heterocycles. The van der Waals surface area contributed by atoms with E-state index in [1.165, 1.54) is 25.7 Å². The largest absolute Gasteiger partial charge is 0.330 e.